The highest BCUT2D eigenvalue weighted by Gasteiger charge is 2.36. The number of fused-ring (bicyclic) bond motifs is 18. The first-order chi connectivity index (χ1) is 36.3. The minimum absolute atomic E-state index is 0.614. The molecule has 0 unspecified atom stereocenters. The maximum Gasteiger partial charge on any atom is 0.197 e. The summed E-state index contributed by atoms with van der Waals surface area (Å²) in [4.78, 5) is 4.49. The van der Waals surface area contributed by atoms with Crippen molar-refractivity contribution in [1.29, 1.82) is 0 Å². The predicted octanol–water partition coefficient (Wildman–Crippen LogP) is 17.8. The predicted molar refractivity (Wildman–Crippen MR) is 305 cm³/mol. The molecule has 6 aromatic heterocycles. The van der Waals surface area contributed by atoms with Crippen LogP contribution in [0.3, 0.4) is 0 Å². The highest BCUT2D eigenvalue weighted by Crippen LogP contribution is 2.55. The van der Waals surface area contributed by atoms with Gasteiger partial charge >= 0.3 is 0 Å². The molecule has 0 aliphatic rings. The lowest BCUT2D eigenvalue weighted by atomic mass is 10.0. The van der Waals surface area contributed by atoms with E-state index in [-0.39, 0.29) is 0 Å². The van der Waals surface area contributed by atoms with Crippen molar-refractivity contribution in [3.63, 3.8) is 0 Å². The van der Waals surface area contributed by atoms with Gasteiger partial charge in [0.2, 0.25) is 0 Å². The van der Waals surface area contributed by atoms with Crippen LogP contribution >= 0.6 is 0 Å². The molecule has 336 valence electrons. The van der Waals surface area contributed by atoms with E-state index in [4.69, 9.17) is 6.57 Å². The van der Waals surface area contributed by atoms with Crippen molar-refractivity contribution >= 4 is 131 Å². The first-order valence-electron chi connectivity index (χ1n) is 24.9. The fourth-order valence-corrected chi connectivity index (χ4v) is 13.3. The van der Waals surface area contributed by atoms with E-state index in [0.29, 0.717) is 5.69 Å². The monoisotopic (exact) mass is 926 g/mol. The zero-order chi connectivity index (χ0) is 47.6. The average molecular weight is 927 g/mol. The molecule has 0 radical (unpaired) electrons. The summed E-state index contributed by atoms with van der Waals surface area (Å²) in [5.41, 5.74) is 16.6. The Morgan fingerprint density at radius 3 is 0.849 bits per heavy atom. The summed E-state index contributed by atoms with van der Waals surface area (Å²) in [5, 5.41) is 13.6. The Morgan fingerprint density at radius 2 is 0.507 bits per heavy atom. The molecule has 11 aromatic carbocycles. The molecule has 0 N–H and O–H groups in total. The minimum Gasteiger partial charge on any atom is -0.307 e. The number of aromatic nitrogens is 5. The van der Waals surface area contributed by atoms with E-state index < -0.39 is 0 Å². The van der Waals surface area contributed by atoms with E-state index in [1.807, 2.05) is 0 Å². The van der Waals surface area contributed by atoms with Gasteiger partial charge in [0.1, 0.15) is 0 Å². The Bertz CT molecular complexity index is 5080. The summed E-state index contributed by atoms with van der Waals surface area (Å²) in [6.07, 6.45) is 0. The average Bonchev–Trinajstić information content (AvgIpc) is 4.29. The van der Waals surface area contributed by atoms with Gasteiger partial charge in [-0.3, -0.25) is 0 Å². The van der Waals surface area contributed by atoms with Crippen LogP contribution in [0.25, 0.3) is 153 Å². The van der Waals surface area contributed by atoms with Gasteiger partial charge < -0.3 is 22.7 Å². The molecule has 0 saturated carbocycles. The van der Waals surface area contributed by atoms with Gasteiger partial charge in [0.05, 0.1) is 90.0 Å². The van der Waals surface area contributed by atoms with Crippen molar-refractivity contribution in [1.82, 2.24) is 22.7 Å². The molecule has 0 fully saturated rings. The SMILES string of the molecule is [C-]#[N+]c1ccc2c3ccccc3n3c4c(-n5c6ccccc6c6ccccc65)c(-n5c6ccccc6c6ccccc65)c(-n5c6ccccc6c6ccccc65)c(-n5c6ccccc6c6ccccc65)c4c1c23. The van der Waals surface area contributed by atoms with E-state index in [1.165, 1.54) is 32.3 Å². The third-order valence-corrected chi connectivity index (χ3v) is 16.0. The Balaban J connectivity index is 1.31. The third-order valence-electron chi connectivity index (χ3n) is 16.0. The highest BCUT2D eigenvalue weighted by molar-refractivity contribution is 6.32. The topological polar surface area (TPSA) is 28.5 Å². The van der Waals surface area contributed by atoms with Gasteiger partial charge in [-0.15, -0.1) is 0 Å². The smallest absolute Gasteiger partial charge is 0.197 e. The van der Waals surface area contributed by atoms with Gasteiger partial charge in [0.25, 0.3) is 0 Å². The van der Waals surface area contributed by atoms with Crippen molar-refractivity contribution in [3.05, 3.63) is 242 Å². The van der Waals surface area contributed by atoms with Crippen LogP contribution in [0, 0.1) is 6.57 Å². The number of rotatable bonds is 4. The molecular weight excluding hydrogens is 889 g/mol. The zero-order valence-corrected chi connectivity index (χ0v) is 39.1. The van der Waals surface area contributed by atoms with Crippen molar-refractivity contribution in [2.24, 2.45) is 0 Å². The molecule has 0 atom stereocenters. The lowest BCUT2D eigenvalue weighted by Gasteiger charge is -2.27. The standard InChI is InChI=1S/C67H38N6/c1-68-50-39-38-49-48-28-10-19-37-59(48)73-62(49)60(50)61-63(69-51-29-11-2-20-40(51)41-21-3-12-30-52(41)69)65(70-53-31-13-4-22-42(53)43-23-5-14-32-54(43)70)67(72-57-35-17-8-26-46(57)47-27-9-18-36-58(47)72)66(64(61)73)71-55-33-15-6-24-44(55)45-25-7-16-34-56(45)71/h2-39H. The van der Waals surface area contributed by atoms with Crippen LogP contribution in [0.15, 0.2) is 231 Å². The van der Waals surface area contributed by atoms with Gasteiger partial charge in [-0.05, 0) is 54.6 Å². The second-order valence-corrected chi connectivity index (χ2v) is 19.4. The molecule has 6 heteroatoms. The molecule has 73 heavy (non-hydrogen) atoms. The lowest BCUT2D eigenvalue weighted by Crippen LogP contribution is -2.14. The van der Waals surface area contributed by atoms with Gasteiger partial charge in [-0.2, -0.15) is 0 Å². The van der Waals surface area contributed by atoms with Crippen LogP contribution in [0.5, 0.6) is 0 Å². The van der Waals surface area contributed by atoms with E-state index in [1.54, 1.807) is 0 Å². The molecule has 0 amide bonds. The molecule has 6 heterocycles. The second kappa shape index (κ2) is 14.0. The van der Waals surface area contributed by atoms with Crippen molar-refractivity contribution in [3.8, 4) is 22.7 Å². The molecular formula is C67H38N6. The Kier molecular flexibility index (Phi) is 7.45. The first kappa shape index (κ1) is 38.7. The van der Waals surface area contributed by atoms with E-state index >= 15 is 0 Å². The number of para-hydroxylation sites is 9. The van der Waals surface area contributed by atoms with Gasteiger partial charge in [-0.25, -0.2) is 4.85 Å². The fraction of sp³-hybridized carbons (Fsp3) is 0. The van der Waals surface area contributed by atoms with E-state index in [0.717, 1.165) is 116 Å². The molecule has 0 aliphatic carbocycles. The largest absolute Gasteiger partial charge is 0.307 e. The summed E-state index contributed by atoms with van der Waals surface area (Å²) in [6.45, 7) is 9.12. The van der Waals surface area contributed by atoms with Crippen LogP contribution in [-0.2, 0) is 0 Å². The van der Waals surface area contributed by atoms with Gasteiger partial charge in [0.15, 0.2) is 5.69 Å². The summed E-state index contributed by atoms with van der Waals surface area (Å²) in [6, 6.07) is 84.2. The van der Waals surface area contributed by atoms with E-state index in [9.17, 15) is 0 Å². The van der Waals surface area contributed by atoms with Crippen LogP contribution < -0.4 is 0 Å². The quantitative estimate of drug-likeness (QED) is 0.157. The Hall–Kier alpha value is -10.1. The Morgan fingerprint density at radius 1 is 0.233 bits per heavy atom. The maximum absolute atomic E-state index is 9.12. The summed E-state index contributed by atoms with van der Waals surface area (Å²) < 4.78 is 12.7. The van der Waals surface area contributed by atoms with Crippen molar-refractivity contribution in [2.45, 2.75) is 0 Å². The summed E-state index contributed by atoms with van der Waals surface area (Å²) in [7, 11) is 0. The number of nitrogens with zero attached hydrogens (tertiary/aromatic N) is 6. The minimum atomic E-state index is 0.614. The maximum atomic E-state index is 9.12. The van der Waals surface area contributed by atoms with Crippen molar-refractivity contribution in [2.75, 3.05) is 0 Å². The molecule has 0 bridgehead atoms. The number of benzene rings is 11. The van der Waals surface area contributed by atoms with Gasteiger partial charge in [-0.1, -0.05) is 176 Å². The van der Waals surface area contributed by atoms with Crippen LogP contribution in [0.1, 0.15) is 0 Å². The molecule has 17 aromatic rings. The Labute approximate surface area is 416 Å². The second-order valence-electron chi connectivity index (χ2n) is 19.4. The van der Waals surface area contributed by atoms with E-state index in [2.05, 4.69) is 258 Å². The van der Waals surface area contributed by atoms with Crippen molar-refractivity contribution < 1.29 is 0 Å². The first-order valence-corrected chi connectivity index (χ1v) is 24.9. The van der Waals surface area contributed by atoms with Gasteiger partial charge in [0, 0.05) is 64.6 Å². The zero-order valence-electron chi connectivity index (χ0n) is 39.1. The molecule has 0 aliphatic heterocycles. The lowest BCUT2D eigenvalue weighted by molar-refractivity contribution is 1.03. The normalized spacial score (nSPS) is 12.4. The molecule has 6 nitrogen and oxygen atoms in total. The summed E-state index contributed by atoms with van der Waals surface area (Å²) >= 11 is 0. The molecule has 0 saturated heterocycles. The van der Waals surface area contributed by atoms with Crippen LogP contribution in [-0.4, -0.2) is 22.7 Å². The van der Waals surface area contributed by atoms with Crippen LogP contribution in [0.2, 0.25) is 0 Å². The molecule has 17 rings (SSSR count). The number of hydrogen-bond donors (Lipinski definition) is 0. The number of hydrogen-bond acceptors (Lipinski definition) is 0. The highest BCUT2D eigenvalue weighted by atomic mass is 15.2. The third kappa shape index (κ3) is 4.77. The fourth-order valence-electron chi connectivity index (χ4n) is 13.3. The molecule has 0 spiro atoms. The summed E-state index contributed by atoms with van der Waals surface area (Å²) in [5.74, 6) is 0. The van der Waals surface area contributed by atoms with Crippen LogP contribution in [0.4, 0.5) is 5.69 Å².